The summed E-state index contributed by atoms with van der Waals surface area (Å²) in [5, 5.41) is 8.88. The largest absolute Gasteiger partial charge is 0.445 e. The van der Waals surface area contributed by atoms with E-state index in [1.807, 2.05) is 84.9 Å². The van der Waals surface area contributed by atoms with Crippen LogP contribution in [0.1, 0.15) is 23.6 Å². The fraction of sp³-hybridized carbons (Fsp3) is 0.226. The molecule has 4 amide bonds. The molecule has 212 valence electrons. The molecule has 0 aliphatic carbocycles. The number of hydrogen-bond acceptors (Lipinski definition) is 5. The number of primary amides is 1. The number of aromatic amines is 1. The van der Waals surface area contributed by atoms with E-state index in [0.29, 0.717) is 0 Å². The lowest BCUT2D eigenvalue weighted by atomic mass is 9.90. The maximum Gasteiger partial charge on any atom is 0.408 e. The highest BCUT2D eigenvalue weighted by molar-refractivity contribution is 5.96. The summed E-state index contributed by atoms with van der Waals surface area (Å²) in [4.78, 5) is 54.4. The normalized spacial score (nSPS) is 13.0. The van der Waals surface area contributed by atoms with Crippen molar-refractivity contribution in [3.8, 4) is 0 Å². The molecule has 41 heavy (non-hydrogen) atoms. The molecule has 0 unspecified atom stereocenters. The highest BCUT2D eigenvalue weighted by Gasteiger charge is 2.37. The molecule has 4 rings (SSSR count). The third-order valence-electron chi connectivity index (χ3n) is 6.64. The Balaban J connectivity index is 1.57. The van der Waals surface area contributed by atoms with Crippen LogP contribution in [0.25, 0.3) is 10.9 Å². The monoisotopic (exact) mass is 555 g/mol. The summed E-state index contributed by atoms with van der Waals surface area (Å²) in [5.74, 6) is -1.91. The first kappa shape index (κ1) is 28.9. The molecular weight excluding hydrogens is 522 g/mol. The van der Waals surface area contributed by atoms with Crippen LogP contribution in [-0.2, 0) is 38.6 Å². The molecule has 2 atom stereocenters. The number of fused-ring (bicyclic) bond motifs is 1. The standard InChI is InChI=1S/C31H33N5O5/c1-31(29(39)34-19-27(32)37,17-21-10-4-2-5-11-21)36-28(38)26(16-23-18-33-25-15-9-8-14-24(23)25)35-30(40)41-20-22-12-6-3-7-13-22/h2-15,18,26,33H,16-17,19-20H2,1H3,(H2,32,37)(H,34,39)(H,35,40)(H,36,38)/t26-,31+/m0/s1. The van der Waals surface area contributed by atoms with Gasteiger partial charge in [0.25, 0.3) is 0 Å². The van der Waals surface area contributed by atoms with Gasteiger partial charge in [-0.15, -0.1) is 0 Å². The van der Waals surface area contributed by atoms with Crippen LogP contribution in [0.2, 0.25) is 0 Å². The highest BCUT2D eigenvalue weighted by atomic mass is 16.5. The molecule has 0 aliphatic rings. The Bertz CT molecular complexity index is 1510. The van der Waals surface area contributed by atoms with Gasteiger partial charge in [0, 0.05) is 29.9 Å². The summed E-state index contributed by atoms with van der Waals surface area (Å²) >= 11 is 0. The maximum absolute atomic E-state index is 13.8. The molecule has 10 heteroatoms. The minimum atomic E-state index is -1.47. The number of nitrogens with two attached hydrogens (primary N) is 1. The molecule has 1 heterocycles. The van der Waals surface area contributed by atoms with Crippen LogP contribution < -0.4 is 21.7 Å². The number of ether oxygens (including phenoxy) is 1. The van der Waals surface area contributed by atoms with Gasteiger partial charge in [-0.25, -0.2) is 4.79 Å². The maximum atomic E-state index is 13.8. The zero-order valence-electron chi connectivity index (χ0n) is 22.7. The second kappa shape index (κ2) is 13.3. The van der Waals surface area contributed by atoms with E-state index in [0.717, 1.165) is 27.6 Å². The minimum Gasteiger partial charge on any atom is -0.445 e. The molecule has 0 aliphatic heterocycles. The summed E-state index contributed by atoms with van der Waals surface area (Å²) in [7, 11) is 0. The third-order valence-corrected chi connectivity index (χ3v) is 6.64. The number of hydrogen-bond donors (Lipinski definition) is 5. The number of H-pyrrole nitrogens is 1. The molecule has 10 nitrogen and oxygen atoms in total. The smallest absolute Gasteiger partial charge is 0.408 e. The third kappa shape index (κ3) is 7.95. The average Bonchev–Trinajstić information content (AvgIpc) is 3.38. The molecule has 0 fully saturated rings. The Morgan fingerprint density at radius 2 is 1.54 bits per heavy atom. The molecule has 1 aromatic heterocycles. The van der Waals surface area contributed by atoms with Crippen LogP contribution in [-0.4, -0.2) is 46.9 Å². The van der Waals surface area contributed by atoms with Crippen molar-refractivity contribution in [2.45, 2.75) is 38.0 Å². The van der Waals surface area contributed by atoms with E-state index in [4.69, 9.17) is 10.5 Å². The number of rotatable bonds is 12. The van der Waals surface area contributed by atoms with Crippen molar-refractivity contribution in [1.82, 2.24) is 20.9 Å². The van der Waals surface area contributed by atoms with E-state index in [2.05, 4.69) is 20.9 Å². The lowest BCUT2D eigenvalue weighted by molar-refractivity contribution is -0.134. The number of alkyl carbamates (subject to hydrolysis) is 1. The lowest BCUT2D eigenvalue weighted by Crippen LogP contribution is -2.62. The summed E-state index contributed by atoms with van der Waals surface area (Å²) in [6.45, 7) is 1.20. The first-order valence-electron chi connectivity index (χ1n) is 13.2. The quantitative estimate of drug-likeness (QED) is 0.182. The molecule has 4 aromatic rings. The van der Waals surface area contributed by atoms with Gasteiger partial charge in [0.2, 0.25) is 17.7 Å². The van der Waals surface area contributed by atoms with E-state index < -0.39 is 35.4 Å². The van der Waals surface area contributed by atoms with E-state index in [9.17, 15) is 19.2 Å². The molecule has 3 aromatic carbocycles. The summed E-state index contributed by atoms with van der Waals surface area (Å²) in [6, 6.07) is 24.8. The van der Waals surface area contributed by atoms with Gasteiger partial charge in [-0.05, 0) is 29.7 Å². The first-order valence-corrected chi connectivity index (χ1v) is 13.2. The van der Waals surface area contributed by atoms with Gasteiger partial charge < -0.3 is 31.4 Å². The van der Waals surface area contributed by atoms with Crippen LogP contribution in [0.4, 0.5) is 4.79 Å². The van der Waals surface area contributed by atoms with Crippen LogP contribution in [0.5, 0.6) is 0 Å². The summed E-state index contributed by atoms with van der Waals surface area (Å²) in [5.41, 5.74) is 7.02. The van der Waals surface area contributed by atoms with Gasteiger partial charge in [0.05, 0.1) is 6.54 Å². The van der Waals surface area contributed by atoms with E-state index in [1.165, 1.54) is 0 Å². The SMILES string of the molecule is C[C@](Cc1ccccc1)(NC(=O)[C@H](Cc1c[nH]c2ccccc12)NC(=O)OCc1ccccc1)C(=O)NCC(N)=O. The number of aromatic nitrogens is 1. The number of benzene rings is 3. The van der Waals surface area contributed by atoms with Crippen molar-refractivity contribution in [2.75, 3.05) is 6.54 Å². The van der Waals surface area contributed by atoms with Crippen molar-refractivity contribution < 1.29 is 23.9 Å². The van der Waals surface area contributed by atoms with Crippen molar-refractivity contribution in [1.29, 1.82) is 0 Å². The molecule has 0 saturated heterocycles. The van der Waals surface area contributed by atoms with Crippen LogP contribution in [0.3, 0.4) is 0 Å². The number of nitrogens with one attached hydrogen (secondary N) is 4. The Kier molecular flexibility index (Phi) is 9.36. The fourth-order valence-electron chi connectivity index (χ4n) is 4.54. The Morgan fingerprint density at radius 1 is 0.902 bits per heavy atom. The van der Waals surface area contributed by atoms with Crippen LogP contribution in [0, 0.1) is 0 Å². The van der Waals surface area contributed by atoms with Gasteiger partial charge >= 0.3 is 6.09 Å². The molecule has 0 radical (unpaired) electrons. The number of carbonyl (C=O) groups excluding carboxylic acids is 4. The number of carbonyl (C=O) groups is 4. The predicted octanol–water partition coefficient (Wildman–Crippen LogP) is 2.72. The summed E-state index contributed by atoms with van der Waals surface area (Å²) in [6.07, 6.45) is 1.25. The topological polar surface area (TPSA) is 155 Å². The predicted molar refractivity (Wildman–Crippen MR) is 154 cm³/mol. The van der Waals surface area contributed by atoms with Gasteiger partial charge in [0.1, 0.15) is 18.2 Å². The highest BCUT2D eigenvalue weighted by Crippen LogP contribution is 2.20. The van der Waals surface area contributed by atoms with Crippen molar-refractivity contribution in [3.63, 3.8) is 0 Å². The number of para-hydroxylation sites is 1. The molecule has 0 saturated carbocycles. The second-order valence-corrected chi connectivity index (χ2v) is 9.95. The zero-order chi connectivity index (χ0) is 29.2. The van der Waals surface area contributed by atoms with Gasteiger partial charge in [-0.2, -0.15) is 0 Å². The van der Waals surface area contributed by atoms with Crippen molar-refractivity contribution in [3.05, 3.63) is 108 Å². The average molecular weight is 556 g/mol. The molecule has 6 N–H and O–H groups in total. The fourth-order valence-corrected chi connectivity index (χ4v) is 4.54. The zero-order valence-corrected chi connectivity index (χ0v) is 22.7. The Morgan fingerprint density at radius 3 is 2.22 bits per heavy atom. The van der Waals surface area contributed by atoms with Crippen LogP contribution in [0.15, 0.2) is 91.1 Å². The second-order valence-electron chi connectivity index (χ2n) is 9.95. The van der Waals surface area contributed by atoms with E-state index in [-0.39, 0.29) is 26.0 Å². The minimum absolute atomic E-state index is 0.0232. The lowest BCUT2D eigenvalue weighted by Gasteiger charge is -2.31. The van der Waals surface area contributed by atoms with E-state index >= 15 is 0 Å². The van der Waals surface area contributed by atoms with E-state index in [1.54, 1.807) is 13.1 Å². The van der Waals surface area contributed by atoms with Crippen LogP contribution >= 0.6 is 0 Å². The van der Waals surface area contributed by atoms with Gasteiger partial charge in [-0.3, -0.25) is 14.4 Å². The number of amides is 4. The summed E-state index contributed by atoms with van der Waals surface area (Å²) < 4.78 is 5.39. The van der Waals surface area contributed by atoms with Gasteiger partial charge in [-0.1, -0.05) is 78.9 Å². The Hall–Kier alpha value is -5.12. The van der Waals surface area contributed by atoms with Crippen molar-refractivity contribution >= 4 is 34.7 Å². The van der Waals surface area contributed by atoms with Crippen molar-refractivity contribution in [2.24, 2.45) is 5.73 Å². The van der Waals surface area contributed by atoms with Gasteiger partial charge in [0.15, 0.2) is 0 Å². The Labute approximate surface area is 237 Å². The molecular formula is C31H33N5O5. The molecule has 0 spiro atoms. The first-order chi connectivity index (χ1) is 19.7. The molecule has 0 bridgehead atoms.